The quantitative estimate of drug-likeness (QED) is 0.569. The molecular weight excluding hydrogens is 199 g/mol. The van der Waals surface area contributed by atoms with Crippen LogP contribution in [0, 0.1) is 0 Å². The van der Waals surface area contributed by atoms with Crippen molar-refractivity contribution in [3.8, 4) is 0 Å². The Morgan fingerprint density at radius 1 is 1.45 bits per heavy atom. The van der Waals surface area contributed by atoms with Crippen molar-refractivity contribution in [2.24, 2.45) is 0 Å². The second kappa shape index (κ2) is 10.7. The van der Waals surface area contributed by atoms with E-state index >= 15 is 0 Å². The minimum Gasteiger partial charge on any atom is -0.412 e. The maximum absolute atomic E-state index is 10.5. The predicted molar refractivity (Wildman–Crippen MR) is 42.4 cm³/mol. The fourth-order valence-corrected chi connectivity index (χ4v) is 1.60. The van der Waals surface area contributed by atoms with Crippen molar-refractivity contribution in [3.63, 3.8) is 0 Å². The van der Waals surface area contributed by atoms with Gasteiger partial charge in [-0.2, -0.15) is 4.89 Å². The summed E-state index contributed by atoms with van der Waals surface area (Å²) >= 11 is 0. The fraction of sp³-hybridized carbons (Fsp3) is 1.00. The van der Waals surface area contributed by atoms with Crippen LogP contribution in [0.5, 0.6) is 0 Å². The molecule has 3 N–H and O–H groups in total. The van der Waals surface area contributed by atoms with Crippen molar-refractivity contribution in [2.45, 2.75) is 38.8 Å². The molecule has 0 aliphatic carbocycles. The zero-order valence-corrected chi connectivity index (χ0v) is 9.46. The summed E-state index contributed by atoms with van der Waals surface area (Å²) in [5.74, 6) is 0. The van der Waals surface area contributed by atoms with Crippen molar-refractivity contribution in [2.75, 3.05) is 0 Å². The van der Waals surface area contributed by atoms with Gasteiger partial charge in [-0.1, -0.05) is 20.3 Å². The van der Waals surface area contributed by atoms with Crippen molar-refractivity contribution in [1.29, 1.82) is 0 Å². The molecule has 0 aliphatic heterocycles. The van der Waals surface area contributed by atoms with Crippen LogP contribution in [-0.2, 0) is 26.3 Å². The van der Waals surface area contributed by atoms with Gasteiger partial charge in [0.05, 0.1) is 0 Å². The summed E-state index contributed by atoms with van der Waals surface area (Å²) in [4.78, 5) is 8.65. The van der Waals surface area contributed by atoms with E-state index in [4.69, 9.17) is 4.89 Å². The molecule has 0 rings (SSSR count). The van der Waals surface area contributed by atoms with Crippen LogP contribution in [-0.4, -0.2) is 16.0 Å². The molecule has 2 unspecified atom stereocenters. The molecule has 0 aromatic rings. The first kappa shape index (κ1) is 17.7. The standard InChI is InChI=1S/C6H13O2P.H2O.Ti/c1-3-5-6(4-2)9(7)8;;/h6H,3-5H2,1-2H3;1H2;/p+1. The molecule has 0 saturated carbocycles. The molecule has 66 valence electrons. The van der Waals surface area contributed by atoms with Gasteiger partial charge in [0, 0.05) is 21.7 Å². The first-order chi connectivity index (χ1) is 4.22. The van der Waals surface area contributed by atoms with Gasteiger partial charge < -0.3 is 5.48 Å². The summed E-state index contributed by atoms with van der Waals surface area (Å²) in [6.07, 6.45) is 2.70. The van der Waals surface area contributed by atoms with Crippen LogP contribution >= 0.6 is 8.03 Å². The van der Waals surface area contributed by atoms with E-state index < -0.39 is 8.03 Å². The molecule has 2 atom stereocenters. The SMILES string of the molecule is CCCC(CC)[P+](=O)O.O.[Ti]. The zero-order chi connectivity index (χ0) is 7.28. The first-order valence-corrected chi connectivity index (χ1v) is 4.65. The van der Waals surface area contributed by atoms with E-state index in [2.05, 4.69) is 0 Å². The monoisotopic (exact) mass is 215 g/mol. The molecule has 0 aromatic carbocycles. The van der Waals surface area contributed by atoms with E-state index in [1.54, 1.807) is 0 Å². The Balaban J connectivity index is -0.000000320. The van der Waals surface area contributed by atoms with Gasteiger partial charge in [-0.3, -0.25) is 0 Å². The molecular formula is C6H16O3PTi+. The maximum atomic E-state index is 10.5. The van der Waals surface area contributed by atoms with Crippen LogP contribution in [0.15, 0.2) is 0 Å². The Morgan fingerprint density at radius 2 is 1.91 bits per heavy atom. The zero-order valence-electron chi connectivity index (χ0n) is 7.00. The molecule has 0 radical (unpaired) electrons. The molecule has 0 fully saturated rings. The Morgan fingerprint density at radius 3 is 2.00 bits per heavy atom. The molecule has 0 saturated heterocycles. The van der Waals surface area contributed by atoms with E-state index in [0.717, 1.165) is 19.3 Å². The van der Waals surface area contributed by atoms with Crippen LogP contribution < -0.4 is 0 Å². The minimum absolute atomic E-state index is 0. The van der Waals surface area contributed by atoms with Gasteiger partial charge in [0.1, 0.15) is 0 Å². The van der Waals surface area contributed by atoms with Gasteiger partial charge in [-0.25, -0.2) is 0 Å². The van der Waals surface area contributed by atoms with Gasteiger partial charge in [0.15, 0.2) is 5.66 Å². The summed E-state index contributed by atoms with van der Waals surface area (Å²) in [5.41, 5.74) is 0.0324. The van der Waals surface area contributed by atoms with Crippen molar-refractivity contribution in [1.82, 2.24) is 0 Å². The molecule has 0 aliphatic rings. The second-order valence-corrected chi connectivity index (χ2v) is 3.49. The summed E-state index contributed by atoms with van der Waals surface area (Å²) in [7, 11) is -1.92. The average molecular weight is 215 g/mol. The molecule has 0 heterocycles. The van der Waals surface area contributed by atoms with E-state index in [-0.39, 0.29) is 32.9 Å². The van der Waals surface area contributed by atoms with E-state index in [1.807, 2.05) is 13.8 Å². The number of hydrogen-bond donors (Lipinski definition) is 1. The fourth-order valence-electron chi connectivity index (χ4n) is 0.804. The third-order valence-electron chi connectivity index (χ3n) is 1.41. The first-order valence-electron chi connectivity index (χ1n) is 3.37. The van der Waals surface area contributed by atoms with Crippen LogP contribution in [0.2, 0.25) is 0 Å². The maximum Gasteiger partial charge on any atom is 0.508 e. The molecule has 0 spiro atoms. The largest absolute Gasteiger partial charge is 0.508 e. The van der Waals surface area contributed by atoms with Crippen molar-refractivity contribution < 1.29 is 36.7 Å². The topological polar surface area (TPSA) is 68.8 Å². The normalized spacial score (nSPS) is 12.5. The van der Waals surface area contributed by atoms with Gasteiger partial charge in [0.2, 0.25) is 0 Å². The van der Waals surface area contributed by atoms with Gasteiger partial charge in [-0.05, 0) is 17.4 Å². The summed E-state index contributed by atoms with van der Waals surface area (Å²) in [6, 6.07) is 0. The smallest absolute Gasteiger partial charge is 0.412 e. The predicted octanol–water partition coefficient (Wildman–Crippen LogP) is 1.47. The molecule has 0 aromatic heterocycles. The number of hydrogen-bond acceptors (Lipinski definition) is 1. The average Bonchev–Trinajstić information content (AvgIpc) is 1.82. The summed E-state index contributed by atoms with van der Waals surface area (Å²) < 4.78 is 10.5. The van der Waals surface area contributed by atoms with E-state index in [0.29, 0.717) is 0 Å². The van der Waals surface area contributed by atoms with E-state index in [9.17, 15) is 4.57 Å². The van der Waals surface area contributed by atoms with Crippen LogP contribution in [0.4, 0.5) is 0 Å². The summed E-state index contributed by atoms with van der Waals surface area (Å²) in [6.45, 7) is 3.98. The molecule has 5 heteroatoms. The summed E-state index contributed by atoms with van der Waals surface area (Å²) in [5, 5.41) is 0. The number of rotatable bonds is 4. The Hall–Kier alpha value is 0.734. The Labute approximate surface area is 83.6 Å². The van der Waals surface area contributed by atoms with Gasteiger partial charge in [0.25, 0.3) is 0 Å². The Bertz CT molecular complexity index is 99.8. The Kier molecular flexibility index (Phi) is 17.3. The van der Waals surface area contributed by atoms with Gasteiger partial charge in [-0.15, -0.1) is 0 Å². The molecule has 3 nitrogen and oxygen atoms in total. The van der Waals surface area contributed by atoms with Crippen molar-refractivity contribution >= 4 is 8.03 Å². The molecule has 0 amide bonds. The third kappa shape index (κ3) is 8.64. The molecule has 11 heavy (non-hydrogen) atoms. The van der Waals surface area contributed by atoms with Crippen LogP contribution in [0.1, 0.15) is 33.1 Å². The second-order valence-electron chi connectivity index (χ2n) is 2.15. The van der Waals surface area contributed by atoms with E-state index in [1.165, 1.54) is 0 Å². The van der Waals surface area contributed by atoms with Crippen LogP contribution in [0.3, 0.4) is 0 Å². The third-order valence-corrected chi connectivity index (χ3v) is 2.65. The van der Waals surface area contributed by atoms with Crippen LogP contribution in [0.25, 0.3) is 0 Å². The van der Waals surface area contributed by atoms with Gasteiger partial charge >= 0.3 is 8.03 Å². The van der Waals surface area contributed by atoms with Crippen molar-refractivity contribution in [3.05, 3.63) is 0 Å². The minimum atomic E-state index is -1.92. The molecule has 0 bridgehead atoms.